The molecule has 0 radical (unpaired) electrons. The van der Waals surface area contributed by atoms with Crippen LogP contribution in [0.5, 0.6) is 0 Å². The highest BCUT2D eigenvalue weighted by molar-refractivity contribution is 7.91. The second kappa shape index (κ2) is 8.64. The van der Waals surface area contributed by atoms with Crippen molar-refractivity contribution in [1.29, 1.82) is 0 Å². The van der Waals surface area contributed by atoms with Gasteiger partial charge >= 0.3 is 11.9 Å². The van der Waals surface area contributed by atoms with Gasteiger partial charge in [0.1, 0.15) is 4.88 Å². The summed E-state index contributed by atoms with van der Waals surface area (Å²) in [6, 6.07) is 9.48. The molecular weight excluding hydrogens is 414 g/mol. The largest absolute Gasteiger partial charge is 0.465 e. The van der Waals surface area contributed by atoms with Gasteiger partial charge in [-0.25, -0.2) is 18.0 Å². The lowest BCUT2D eigenvalue weighted by Gasteiger charge is -2.24. The number of benzene rings is 1. The summed E-state index contributed by atoms with van der Waals surface area (Å²) in [6.07, 6.45) is 2.05. The fourth-order valence-corrected chi connectivity index (χ4v) is 7.17. The van der Waals surface area contributed by atoms with E-state index >= 15 is 0 Å². The van der Waals surface area contributed by atoms with Crippen LogP contribution in [0.4, 0.5) is 0 Å². The van der Waals surface area contributed by atoms with Crippen molar-refractivity contribution in [2.75, 3.05) is 20.8 Å². The van der Waals surface area contributed by atoms with Gasteiger partial charge in [-0.3, -0.25) is 0 Å². The van der Waals surface area contributed by atoms with E-state index < -0.39 is 22.0 Å². The average Bonchev–Trinajstić information content (AvgIpc) is 3.32. The summed E-state index contributed by atoms with van der Waals surface area (Å²) < 4.78 is 37.9. The van der Waals surface area contributed by atoms with Crippen molar-refractivity contribution in [3.8, 4) is 0 Å². The van der Waals surface area contributed by atoms with Crippen LogP contribution in [0.2, 0.25) is 0 Å². The minimum atomic E-state index is -3.99. The highest BCUT2D eigenvalue weighted by Crippen LogP contribution is 2.37. The highest BCUT2D eigenvalue weighted by Gasteiger charge is 2.40. The third-order valence-corrected chi connectivity index (χ3v) is 8.77. The first-order valence-corrected chi connectivity index (χ1v) is 11.4. The number of rotatable bonds is 6. The van der Waals surface area contributed by atoms with Gasteiger partial charge in [-0.2, -0.15) is 4.31 Å². The van der Waals surface area contributed by atoms with Crippen LogP contribution in [-0.4, -0.2) is 51.5 Å². The smallest absolute Gasteiger partial charge is 0.348 e. The van der Waals surface area contributed by atoms with Crippen LogP contribution in [0.3, 0.4) is 0 Å². The zero-order valence-electron chi connectivity index (χ0n) is 16.5. The standard InChI is InChI=1S/C20H23NO6S2/c1-13-16(18(22)26-2)20(28-17(13)19(23)27-3)29(24,25)21-11-7-10-15(21)12-14-8-5-4-6-9-14/h4-6,8-9,15H,7,10-12H2,1-3H3/t15-/m0/s1. The summed E-state index contributed by atoms with van der Waals surface area (Å²) in [4.78, 5) is 24.5. The Kier molecular flexibility index (Phi) is 6.40. The van der Waals surface area contributed by atoms with E-state index in [1.807, 2.05) is 30.3 Å². The number of thiophene rings is 1. The first-order chi connectivity index (χ1) is 13.8. The van der Waals surface area contributed by atoms with E-state index in [0.717, 1.165) is 29.7 Å². The number of nitrogens with zero attached hydrogens (tertiary/aromatic N) is 1. The second-order valence-corrected chi connectivity index (χ2v) is 9.91. The Morgan fingerprint density at radius 1 is 1.14 bits per heavy atom. The molecule has 1 aliphatic heterocycles. The SMILES string of the molecule is COC(=O)c1sc(S(=O)(=O)N2CCC[C@H]2Cc2ccccc2)c(C(=O)OC)c1C. The van der Waals surface area contributed by atoms with Gasteiger partial charge in [0.05, 0.1) is 19.8 Å². The third kappa shape index (κ3) is 4.08. The van der Waals surface area contributed by atoms with Crippen molar-refractivity contribution in [2.24, 2.45) is 0 Å². The summed E-state index contributed by atoms with van der Waals surface area (Å²) in [5, 5.41) is 0. The topological polar surface area (TPSA) is 90.0 Å². The Morgan fingerprint density at radius 2 is 1.79 bits per heavy atom. The Labute approximate surface area is 174 Å². The molecule has 0 spiro atoms. The Hall–Kier alpha value is -2.23. The predicted octanol–water partition coefficient (Wildman–Crippen LogP) is 3.03. The molecule has 2 heterocycles. The second-order valence-electron chi connectivity index (χ2n) is 6.80. The minimum absolute atomic E-state index is 0.0882. The molecule has 0 aliphatic carbocycles. The van der Waals surface area contributed by atoms with Crippen LogP contribution in [0, 0.1) is 6.92 Å². The molecule has 0 saturated carbocycles. The molecule has 1 fully saturated rings. The molecule has 7 nitrogen and oxygen atoms in total. The quantitative estimate of drug-likeness (QED) is 0.646. The van der Waals surface area contributed by atoms with E-state index in [0.29, 0.717) is 13.0 Å². The van der Waals surface area contributed by atoms with E-state index in [-0.39, 0.29) is 26.3 Å². The first-order valence-electron chi connectivity index (χ1n) is 9.17. The maximum Gasteiger partial charge on any atom is 0.348 e. The van der Waals surface area contributed by atoms with Crippen molar-refractivity contribution in [3.63, 3.8) is 0 Å². The summed E-state index contributed by atoms with van der Waals surface area (Å²) in [5.74, 6) is -1.47. The van der Waals surface area contributed by atoms with Crippen LogP contribution in [-0.2, 0) is 25.9 Å². The van der Waals surface area contributed by atoms with Crippen LogP contribution >= 0.6 is 11.3 Å². The molecule has 1 saturated heterocycles. The van der Waals surface area contributed by atoms with Gasteiger partial charge in [-0.15, -0.1) is 11.3 Å². The van der Waals surface area contributed by atoms with Gasteiger partial charge in [0, 0.05) is 12.6 Å². The molecule has 1 aromatic carbocycles. The zero-order chi connectivity index (χ0) is 21.2. The molecule has 0 unspecified atom stereocenters. The molecule has 3 rings (SSSR count). The van der Waals surface area contributed by atoms with Crippen LogP contribution in [0.1, 0.15) is 44.0 Å². The summed E-state index contributed by atoms with van der Waals surface area (Å²) >= 11 is 0.760. The third-order valence-electron chi connectivity index (χ3n) is 5.06. The van der Waals surface area contributed by atoms with Gasteiger partial charge in [0.25, 0.3) is 10.0 Å². The predicted molar refractivity (Wildman–Crippen MR) is 109 cm³/mol. The van der Waals surface area contributed by atoms with Crippen LogP contribution in [0.15, 0.2) is 34.5 Å². The van der Waals surface area contributed by atoms with Crippen LogP contribution in [0.25, 0.3) is 0 Å². The van der Waals surface area contributed by atoms with Gasteiger partial charge < -0.3 is 9.47 Å². The molecule has 0 N–H and O–H groups in total. The molecule has 0 bridgehead atoms. The maximum absolute atomic E-state index is 13.5. The Morgan fingerprint density at radius 3 is 2.41 bits per heavy atom. The van der Waals surface area contributed by atoms with Gasteiger partial charge in [0.2, 0.25) is 0 Å². The van der Waals surface area contributed by atoms with E-state index in [9.17, 15) is 18.0 Å². The van der Waals surface area contributed by atoms with Crippen molar-refractivity contribution >= 4 is 33.3 Å². The molecule has 1 atom stereocenters. The highest BCUT2D eigenvalue weighted by atomic mass is 32.2. The van der Waals surface area contributed by atoms with E-state index in [1.165, 1.54) is 25.4 Å². The summed E-state index contributed by atoms with van der Waals surface area (Å²) in [7, 11) is -1.60. The lowest BCUT2D eigenvalue weighted by atomic mass is 10.1. The Balaban J connectivity index is 2.04. The fourth-order valence-electron chi connectivity index (χ4n) is 3.62. The molecule has 156 valence electrons. The normalized spacial score (nSPS) is 17.3. The minimum Gasteiger partial charge on any atom is -0.465 e. The van der Waals surface area contributed by atoms with E-state index in [2.05, 4.69) is 0 Å². The van der Waals surface area contributed by atoms with Gasteiger partial charge in [-0.05, 0) is 37.3 Å². The molecule has 2 aromatic rings. The molecule has 9 heteroatoms. The summed E-state index contributed by atoms with van der Waals surface area (Å²) in [5.41, 5.74) is 1.21. The number of carbonyl (C=O) groups excluding carboxylic acids is 2. The Bertz CT molecular complexity index is 1010. The average molecular weight is 438 g/mol. The van der Waals surface area contributed by atoms with Crippen molar-refractivity contribution in [2.45, 2.75) is 36.4 Å². The van der Waals surface area contributed by atoms with Crippen molar-refractivity contribution < 1.29 is 27.5 Å². The number of esters is 2. The fraction of sp³-hybridized carbons (Fsp3) is 0.400. The number of carbonyl (C=O) groups is 2. The zero-order valence-corrected chi connectivity index (χ0v) is 18.1. The summed E-state index contributed by atoms with van der Waals surface area (Å²) in [6.45, 7) is 1.89. The van der Waals surface area contributed by atoms with E-state index in [4.69, 9.17) is 9.47 Å². The molecule has 29 heavy (non-hydrogen) atoms. The molecule has 1 aliphatic rings. The number of hydrogen-bond donors (Lipinski definition) is 0. The van der Waals surface area contributed by atoms with Gasteiger partial charge in [-0.1, -0.05) is 30.3 Å². The van der Waals surface area contributed by atoms with Crippen molar-refractivity contribution in [3.05, 3.63) is 51.9 Å². The first kappa shape index (κ1) is 21.5. The lowest BCUT2D eigenvalue weighted by molar-refractivity contribution is 0.0596. The van der Waals surface area contributed by atoms with Gasteiger partial charge in [0.15, 0.2) is 4.21 Å². The molecule has 1 aromatic heterocycles. The molecular formula is C20H23NO6S2. The maximum atomic E-state index is 13.5. The van der Waals surface area contributed by atoms with Crippen molar-refractivity contribution in [1.82, 2.24) is 4.31 Å². The monoisotopic (exact) mass is 437 g/mol. The van der Waals surface area contributed by atoms with Crippen LogP contribution < -0.4 is 0 Å². The number of methoxy groups -OCH3 is 2. The molecule has 0 amide bonds. The number of sulfonamides is 1. The number of ether oxygens (including phenoxy) is 2. The lowest BCUT2D eigenvalue weighted by Crippen LogP contribution is -2.37. The number of hydrogen-bond acceptors (Lipinski definition) is 7. The van der Waals surface area contributed by atoms with E-state index in [1.54, 1.807) is 0 Å².